The maximum Gasteiger partial charge on any atom is 0.449 e. The molecule has 0 spiro atoms. The van der Waals surface area contributed by atoms with Crippen LogP contribution in [0.15, 0.2) is 24.3 Å². The molecule has 0 unspecified atom stereocenters. The molecular formula is C25H36N2O8P+. The Balaban J connectivity index is 2.81. The van der Waals surface area contributed by atoms with Crippen molar-refractivity contribution in [2.45, 2.75) is 67.1 Å². The van der Waals surface area contributed by atoms with Gasteiger partial charge in [0.15, 0.2) is 0 Å². The van der Waals surface area contributed by atoms with Gasteiger partial charge in [0.05, 0.1) is 34.0 Å². The predicted octanol–water partition coefficient (Wildman–Crippen LogP) is 5.09. The highest BCUT2D eigenvalue weighted by Gasteiger charge is 2.52. The Morgan fingerprint density at radius 3 is 2.28 bits per heavy atom. The Morgan fingerprint density at radius 1 is 1.08 bits per heavy atom. The van der Waals surface area contributed by atoms with Gasteiger partial charge in [-0.3, -0.25) is 15.1 Å². The van der Waals surface area contributed by atoms with Crippen LogP contribution < -0.4 is 5.30 Å². The minimum Gasteiger partial charge on any atom is -0.460 e. The Bertz CT molecular complexity index is 1060. The second-order valence-corrected chi connectivity index (χ2v) is 10.7. The van der Waals surface area contributed by atoms with Gasteiger partial charge in [0.25, 0.3) is 5.69 Å². The molecule has 0 saturated carbocycles. The van der Waals surface area contributed by atoms with Crippen molar-refractivity contribution >= 4 is 24.9 Å². The van der Waals surface area contributed by atoms with Crippen LogP contribution in [0.2, 0.25) is 0 Å². The molecule has 0 bridgehead atoms. The fourth-order valence-electron chi connectivity index (χ4n) is 3.71. The van der Waals surface area contributed by atoms with Crippen LogP contribution in [-0.2, 0) is 18.5 Å². The topological polar surface area (TPSA) is 130 Å². The van der Waals surface area contributed by atoms with Gasteiger partial charge in [-0.2, -0.15) is 13.9 Å². The summed E-state index contributed by atoms with van der Waals surface area (Å²) in [4.78, 5) is 40.7. The largest absolute Gasteiger partial charge is 0.460 e. The van der Waals surface area contributed by atoms with Gasteiger partial charge in [-0.05, 0) is 53.5 Å². The number of carbonyl (C=O) groups is 1. The van der Waals surface area contributed by atoms with Crippen LogP contribution >= 0.6 is 7.94 Å². The summed E-state index contributed by atoms with van der Waals surface area (Å²) >= 11 is 0. The number of hydrogen-bond donors (Lipinski definition) is 1. The van der Waals surface area contributed by atoms with E-state index < -0.39 is 31.0 Å². The molecule has 2 rings (SSSR count). The van der Waals surface area contributed by atoms with Gasteiger partial charge in [-0.15, -0.1) is 0 Å². The van der Waals surface area contributed by atoms with Crippen molar-refractivity contribution in [2.75, 3.05) is 19.8 Å². The molecular weight excluding hydrogens is 487 g/mol. The fraction of sp³-hybridized carbons (Fsp3) is 0.520. The van der Waals surface area contributed by atoms with E-state index >= 15 is 0 Å². The van der Waals surface area contributed by atoms with E-state index in [9.17, 15) is 19.8 Å². The second kappa shape index (κ2) is 13.2. The summed E-state index contributed by atoms with van der Waals surface area (Å²) in [7, 11) is -3.81. The molecule has 0 aliphatic rings. The van der Waals surface area contributed by atoms with Gasteiger partial charge in [0.2, 0.25) is 5.30 Å². The standard InChI is InChI=1S/C25H36N2O8P/c1-8-12-32-13-14-33-25(28)22-18(6)26-19(7)24(36(31,34-16(2)3)35-17(4)5)23(22)20-10-9-11-21(15-20)27(29)30/h9-11,15-17,31H,8,12-14H2,1-7H3/q+1. The molecule has 1 aromatic heterocycles. The zero-order chi connectivity index (χ0) is 27.0. The number of ether oxygens (including phenoxy) is 2. The fourth-order valence-corrected chi connectivity index (χ4v) is 6.09. The maximum atomic E-state index is 13.3. The highest BCUT2D eigenvalue weighted by Crippen LogP contribution is 2.60. The van der Waals surface area contributed by atoms with E-state index in [0.717, 1.165) is 6.42 Å². The van der Waals surface area contributed by atoms with E-state index in [1.807, 2.05) is 6.92 Å². The molecule has 0 fully saturated rings. The lowest BCUT2D eigenvalue weighted by atomic mass is 9.97. The van der Waals surface area contributed by atoms with Crippen molar-refractivity contribution in [1.29, 1.82) is 0 Å². The number of rotatable bonds is 13. The van der Waals surface area contributed by atoms with Gasteiger partial charge in [0, 0.05) is 18.7 Å². The zero-order valence-electron chi connectivity index (χ0n) is 21.9. The summed E-state index contributed by atoms with van der Waals surface area (Å²) in [5.41, 5.74) is 1.20. The van der Waals surface area contributed by atoms with Crippen LogP contribution in [0.5, 0.6) is 0 Å². The molecule has 0 aliphatic heterocycles. The SMILES string of the molecule is CCCOCCOC(=O)c1c(C)nc(C)c([P+](O)(OC(C)C)OC(C)C)c1-c1cccc([N+](=O)[O-])c1. The van der Waals surface area contributed by atoms with E-state index in [1.165, 1.54) is 18.2 Å². The molecule has 0 aliphatic carbocycles. The van der Waals surface area contributed by atoms with Crippen LogP contribution in [0, 0.1) is 24.0 Å². The lowest BCUT2D eigenvalue weighted by Gasteiger charge is -2.25. The number of nitro groups is 1. The number of benzene rings is 1. The summed E-state index contributed by atoms with van der Waals surface area (Å²) in [5.74, 6) is -0.691. The summed E-state index contributed by atoms with van der Waals surface area (Å²) in [6.07, 6.45) is -0.0119. The number of carbonyl (C=O) groups excluding carboxylic acids is 1. The highest BCUT2D eigenvalue weighted by molar-refractivity contribution is 7.69. The normalized spacial score (nSPS) is 11.8. The zero-order valence-corrected chi connectivity index (χ0v) is 22.8. The van der Waals surface area contributed by atoms with E-state index in [0.29, 0.717) is 23.6 Å². The van der Waals surface area contributed by atoms with Crippen molar-refractivity contribution in [1.82, 2.24) is 4.98 Å². The summed E-state index contributed by atoms with van der Waals surface area (Å²) < 4.78 is 22.8. The van der Waals surface area contributed by atoms with E-state index in [-0.39, 0.29) is 35.3 Å². The Kier molecular flexibility index (Phi) is 10.9. The van der Waals surface area contributed by atoms with Gasteiger partial charge < -0.3 is 9.47 Å². The van der Waals surface area contributed by atoms with Crippen LogP contribution in [0.1, 0.15) is 62.8 Å². The second-order valence-electron chi connectivity index (χ2n) is 8.77. The number of hydrogen-bond acceptors (Lipinski definition) is 9. The first-order valence-corrected chi connectivity index (χ1v) is 13.5. The van der Waals surface area contributed by atoms with Crippen molar-refractivity contribution in [3.8, 4) is 11.1 Å². The number of aryl methyl sites for hydroxylation is 2. The van der Waals surface area contributed by atoms with Crippen molar-refractivity contribution in [2.24, 2.45) is 0 Å². The summed E-state index contributed by atoms with van der Waals surface area (Å²) in [5, 5.41) is 11.7. The molecule has 0 radical (unpaired) electrons. The Morgan fingerprint density at radius 2 is 1.72 bits per heavy atom. The number of nitrogens with zero attached hydrogens (tertiary/aromatic N) is 2. The molecule has 0 amide bonds. The molecule has 2 aromatic rings. The molecule has 1 N–H and O–H groups in total. The number of pyridine rings is 1. The minimum absolute atomic E-state index is 0.0141. The molecule has 11 heteroatoms. The van der Waals surface area contributed by atoms with Crippen LogP contribution in [0.4, 0.5) is 5.69 Å². The molecule has 1 aromatic carbocycles. The maximum absolute atomic E-state index is 13.3. The van der Waals surface area contributed by atoms with Crippen molar-refractivity contribution < 1.29 is 33.1 Å². The average Bonchev–Trinajstić information content (AvgIpc) is 2.77. The first-order valence-electron chi connectivity index (χ1n) is 11.9. The average molecular weight is 524 g/mol. The Labute approximate surface area is 212 Å². The smallest absolute Gasteiger partial charge is 0.449 e. The third-order valence-electron chi connectivity index (χ3n) is 4.88. The predicted molar refractivity (Wildman–Crippen MR) is 138 cm³/mol. The van der Waals surface area contributed by atoms with Crippen molar-refractivity contribution in [3.05, 3.63) is 51.3 Å². The van der Waals surface area contributed by atoms with Crippen LogP contribution in [-0.4, -0.2) is 52.8 Å². The number of non-ortho nitro benzene ring substituents is 1. The molecule has 198 valence electrons. The minimum atomic E-state index is -3.81. The monoisotopic (exact) mass is 523 g/mol. The third kappa shape index (κ3) is 7.51. The third-order valence-corrected chi connectivity index (χ3v) is 7.40. The van der Waals surface area contributed by atoms with Crippen molar-refractivity contribution in [3.63, 3.8) is 0 Å². The summed E-state index contributed by atoms with van der Waals surface area (Å²) in [6.45, 7) is 13.1. The molecule has 0 saturated heterocycles. The van der Waals surface area contributed by atoms with E-state index in [1.54, 1.807) is 47.6 Å². The lowest BCUT2D eigenvalue weighted by Crippen LogP contribution is -2.29. The lowest BCUT2D eigenvalue weighted by molar-refractivity contribution is -0.384. The Hall–Kier alpha value is -2.49. The first kappa shape index (κ1) is 29.7. The van der Waals surface area contributed by atoms with E-state index in [4.69, 9.17) is 18.5 Å². The first-order chi connectivity index (χ1) is 16.9. The molecule has 1 heterocycles. The van der Waals surface area contributed by atoms with Gasteiger partial charge in [-0.1, -0.05) is 19.1 Å². The van der Waals surface area contributed by atoms with Crippen LogP contribution in [0.25, 0.3) is 11.1 Å². The van der Waals surface area contributed by atoms with E-state index in [2.05, 4.69) is 4.98 Å². The van der Waals surface area contributed by atoms with Crippen LogP contribution in [0.3, 0.4) is 0 Å². The number of nitro benzene ring substituents is 1. The molecule has 0 atom stereocenters. The van der Waals surface area contributed by atoms with Gasteiger partial charge >= 0.3 is 13.9 Å². The molecule has 10 nitrogen and oxygen atoms in total. The number of esters is 1. The summed E-state index contributed by atoms with van der Waals surface area (Å²) in [6, 6.07) is 5.83. The van der Waals surface area contributed by atoms with Gasteiger partial charge in [-0.25, -0.2) is 4.79 Å². The number of aromatic nitrogens is 1. The highest BCUT2D eigenvalue weighted by atomic mass is 31.2. The molecule has 36 heavy (non-hydrogen) atoms. The quantitative estimate of drug-likeness (QED) is 0.125. The van der Waals surface area contributed by atoms with Gasteiger partial charge in [0.1, 0.15) is 18.8 Å².